The van der Waals surface area contributed by atoms with E-state index in [1.807, 2.05) is 13.0 Å². The van der Waals surface area contributed by atoms with Crippen molar-refractivity contribution in [2.75, 3.05) is 13.7 Å². The van der Waals surface area contributed by atoms with E-state index < -0.39 is 11.6 Å². The van der Waals surface area contributed by atoms with Crippen LogP contribution in [0.3, 0.4) is 0 Å². The molecule has 20 heavy (non-hydrogen) atoms. The second-order valence-corrected chi connectivity index (χ2v) is 4.34. The monoisotopic (exact) mass is 276 g/mol. The number of carbonyl (C=O) groups is 1. The largest absolute Gasteiger partial charge is 0.494 e. The van der Waals surface area contributed by atoms with Crippen LogP contribution in [0.15, 0.2) is 27.4 Å². The van der Waals surface area contributed by atoms with Gasteiger partial charge >= 0.3 is 11.6 Å². The standard InChI is InChI=1S/C15H16O5/c1-4-19-10-5-6-11-9(2)12(8-14(16)18-3)15(17)20-13(11)7-10/h5-7H,4,8H2,1-3H3. The Morgan fingerprint density at radius 1 is 1.35 bits per heavy atom. The maximum Gasteiger partial charge on any atom is 0.340 e. The molecule has 1 aromatic carbocycles. The van der Waals surface area contributed by atoms with E-state index in [2.05, 4.69) is 4.74 Å². The van der Waals surface area contributed by atoms with E-state index in [1.165, 1.54) is 7.11 Å². The van der Waals surface area contributed by atoms with E-state index in [1.54, 1.807) is 19.1 Å². The molecule has 1 heterocycles. The Morgan fingerprint density at radius 3 is 2.75 bits per heavy atom. The van der Waals surface area contributed by atoms with Crippen LogP contribution in [-0.4, -0.2) is 19.7 Å². The van der Waals surface area contributed by atoms with Crippen LogP contribution in [0.1, 0.15) is 18.1 Å². The number of fused-ring (bicyclic) bond motifs is 1. The van der Waals surface area contributed by atoms with Crippen LogP contribution < -0.4 is 10.4 Å². The SMILES string of the molecule is CCOc1ccc2c(C)c(CC(=O)OC)c(=O)oc2c1. The van der Waals surface area contributed by atoms with Gasteiger partial charge in [-0.2, -0.15) is 0 Å². The molecule has 0 bridgehead atoms. The molecule has 0 aliphatic heterocycles. The highest BCUT2D eigenvalue weighted by Gasteiger charge is 2.15. The Balaban J connectivity index is 2.56. The third kappa shape index (κ3) is 2.66. The van der Waals surface area contributed by atoms with Crippen LogP contribution in [-0.2, 0) is 16.0 Å². The van der Waals surface area contributed by atoms with Crippen molar-refractivity contribution in [3.8, 4) is 5.75 Å². The molecule has 0 saturated carbocycles. The maximum absolute atomic E-state index is 12.0. The fraction of sp³-hybridized carbons (Fsp3) is 0.333. The van der Waals surface area contributed by atoms with Gasteiger partial charge in [-0.25, -0.2) is 4.79 Å². The molecule has 0 N–H and O–H groups in total. The van der Waals surface area contributed by atoms with Crippen molar-refractivity contribution in [2.24, 2.45) is 0 Å². The van der Waals surface area contributed by atoms with Gasteiger partial charge in [-0.3, -0.25) is 4.79 Å². The zero-order chi connectivity index (χ0) is 14.7. The lowest BCUT2D eigenvalue weighted by Gasteiger charge is -2.08. The van der Waals surface area contributed by atoms with Crippen LogP contribution in [0.5, 0.6) is 5.75 Å². The highest BCUT2D eigenvalue weighted by Crippen LogP contribution is 2.24. The number of aryl methyl sites for hydroxylation is 1. The summed E-state index contributed by atoms with van der Waals surface area (Å²) in [5, 5.41) is 0.784. The van der Waals surface area contributed by atoms with Crippen molar-refractivity contribution < 1.29 is 18.7 Å². The van der Waals surface area contributed by atoms with Gasteiger partial charge in [0.05, 0.1) is 25.7 Å². The number of esters is 1. The third-order valence-electron chi connectivity index (χ3n) is 3.12. The van der Waals surface area contributed by atoms with Crippen molar-refractivity contribution in [3.63, 3.8) is 0 Å². The summed E-state index contributed by atoms with van der Waals surface area (Å²) in [4.78, 5) is 23.3. The molecular formula is C15H16O5. The van der Waals surface area contributed by atoms with Crippen molar-refractivity contribution >= 4 is 16.9 Å². The molecular weight excluding hydrogens is 260 g/mol. The fourth-order valence-electron chi connectivity index (χ4n) is 2.05. The number of rotatable bonds is 4. The number of methoxy groups -OCH3 is 1. The van der Waals surface area contributed by atoms with E-state index in [0.29, 0.717) is 23.5 Å². The first-order valence-corrected chi connectivity index (χ1v) is 6.32. The Bertz CT molecular complexity index is 699. The first-order chi connectivity index (χ1) is 9.56. The van der Waals surface area contributed by atoms with Crippen LogP contribution in [0.2, 0.25) is 0 Å². The van der Waals surface area contributed by atoms with Gasteiger partial charge in [0, 0.05) is 11.5 Å². The quantitative estimate of drug-likeness (QED) is 0.632. The van der Waals surface area contributed by atoms with Crippen molar-refractivity contribution in [2.45, 2.75) is 20.3 Å². The molecule has 0 atom stereocenters. The zero-order valence-electron chi connectivity index (χ0n) is 11.7. The summed E-state index contributed by atoms with van der Waals surface area (Å²) in [6, 6.07) is 5.30. The van der Waals surface area contributed by atoms with Crippen LogP contribution >= 0.6 is 0 Å². The van der Waals surface area contributed by atoms with Gasteiger partial charge in [0.1, 0.15) is 11.3 Å². The molecule has 2 rings (SSSR count). The molecule has 0 radical (unpaired) electrons. The summed E-state index contributed by atoms with van der Waals surface area (Å²) in [5.41, 5.74) is 0.985. The number of hydrogen-bond acceptors (Lipinski definition) is 5. The molecule has 0 aliphatic rings. The predicted molar refractivity (Wildman–Crippen MR) is 74.1 cm³/mol. The van der Waals surface area contributed by atoms with Crippen LogP contribution in [0.4, 0.5) is 0 Å². The third-order valence-corrected chi connectivity index (χ3v) is 3.12. The van der Waals surface area contributed by atoms with Gasteiger partial charge in [-0.15, -0.1) is 0 Å². The van der Waals surface area contributed by atoms with Gasteiger partial charge < -0.3 is 13.9 Å². The zero-order valence-corrected chi connectivity index (χ0v) is 11.7. The minimum absolute atomic E-state index is 0.0895. The van der Waals surface area contributed by atoms with Crippen LogP contribution in [0, 0.1) is 6.92 Å². The summed E-state index contributed by atoms with van der Waals surface area (Å²) in [6.45, 7) is 4.21. The molecule has 0 aliphatic carbocycles. The Morgan fingerprint density at radius 2 is 2.10 bits per heavy atom. The first-order valence-electron chi connectivity index (χ1n) is 6.32. The molecule has 0 saturated heterocycles. The lowest BCUT2D eigenvalue weighted by molar-refractivity contribution is -0.139. The van der Waals surface area contributed by atoms with Gasteiger partial charge in [-0.1, -0.05) is 0 Å². The Labute approximate surface area is 116 Å². The van der Waals surface area contributed by atoms with E-state index >= 15 is 0 Å². The predicted octanol–water partition coefficient (Wildman–Crippen LogP) is 2.22. The van der Waals surface area contributed by atoms with Gasteiger partial charge in [0.25, 0.3) is 0 Å². The van der Waals surface area contributed by atoms with Crippen molar-refractivity contribution in [3.05, 3.63) is 39.7 Å². The van der Waals surface area contributed by atoms with Gasteiger partial charge in [0.2, 0.25) is 0 Å². The molecule has 5 heteroatoms. The first kappa shape index (κ1) is 14.1. The molecule has 0 amide bonds. The summed E-state index contributed by atoms with van der Waals surface area (Å²) >= 11 is 0. The van der Waals surface area contributed by atoms with E-state index in [9.17, 15) is 9.59 Å². The molecule has 106 valence electrons. The lowest BCUT2D eigenvalue weighted by atomic mass is 10.0. The minimum atomic E-state index is -0.519. The van der Waals surface area contributed by atoms with E-state index in [-0.39, 0.29) is 6.42 Å². The number of hydrogen-bond donors (Lipinski definition) is 0. The summed E-state index contributed by atoms with van der Waals surface area (Å²) in [5.74, 6) is 0.175. The minimum Gasteiger partial charge on any atom is -0.494 e. The van der Waals surface area contributed by atoms with Crippen LogP contribution in [0.25, 0.3) is 11.0 Å². The molecule has 5 nitrogen and oxygen atoms in total. The topological polar surface area (TPSA) is 65.7 Å². The average molecular weight is 276 g/mol. The number of benzene rings is 1. The molecule has 2 aromatic rings. The number of carbonyl (C=O) groups excluding carboxylic acids is 1. The molecule has 0 unspecified atom stereocenters. The van der Waals surface area contributed by atoms with Crippen molar-refractivity contribution in [1.29, 1.82) is 0 Å². The Kier molecular flexibility index (Phi) is 4.08. The molecule has 1 aromatic heterocycles. The average Bonchev–Trinajstić information content (AvgIpc) is 2.43. The van der Waals surface area contributed by atoms with E-state index in [4.69, 9.17) is 9.15 Å². The summed E-state index contributed by atoms with van der Waals surface area (Å²) in [7, 11) is 1.29. The summed E-state index contributed by atoms with van der Waals surface area (Å²) < 4.78 is 15.2. The van der Waals surface area contributed by atoms with Gasteiger partial charge in [-0.05, 0) is 31.5 Å². The molecule has 0 spiro atoms. The highest BCUT2D eigenvalue weighted by atomic mass is 16.5. The highest BCUT2D eigenvalue weighted by molar-refractivity contribution is 5.84. The fourth-order valence-corrected chi connectivity index (χ4v) is 2.05. The second-order valence-electron chi connectivity index (χ2n) is 4.34. The Hall–Kier alpha value is -2.30. The maximum atomic E-state index is 12.0. The second kappa shape index (κ2) is 5.77. The summed E-state index contributed by atoms with van der Waals surface area (Å²) in [6.07, 6.45) is -0.0895. The van der Waals surface area contributed by atoms with Crippen molar-refractivity contribution in [1.82, 2.24) is 0 Å². The van der Waals surface area contributed by atoms with Gasteiger partial charge in [0.15, 0.2) is 0 Å². The normalized spacial score (nSPS) is 10.6. The number of ether oxygens (including phenoxy) is 2. The molecule has 0 fully saturated rings. The van der Waals surface area contributed by atoms with E-state index in [0.717, 1.165) is 10.9 Å². The lowest BCUT2D eigenvalue weighted by Crippen LogP contribution is -2.16. The smallest absolute Gasteiger partial charge is 0.340 e.